The molecule has 1 saturated heterocycles. The summed E-state index contributed by atoms with van der Waals surface area (Å²) < 4.78 is 5.26. The molecule has 6 nitrogen and oxygen atoms in total. The second kappa shape index (κ2) is 7.67. The summed E-state index contributed by atoms with van der Waals surface area (Å²) >= 11 is 0. The molecule has 0 radical (unpaired) electrons. The molecule has 1 fully saturated rings. The largest absolute Gasteiger partial charge is 0.379 e. The standard InChI is InChI=1S/C13H28N4O2/c1-4-11(5-2)13(3,14)16-12(18)15-10-17-6-8-19-9-7-17/h11H,4-10,14H2,1-3H3,(H2,15,16,18). The zero-order valence-electron chi connectivity index (χ0n) is 12.4. The van der Waals surface area contributed by atoms with Gasteiger partial charge in [-0.1, -0.05) is 13.8 Å². The Hall–Kier alpha value is -0.850. The number of hydrogen-bond acceptors (Lipinski definition) is 4. The molecule has 1 unspecified atom stereocenters. The van der Waals surface area contributed by atoms with Gasteiger partial charge in [-0.15, -0.1) is 0 Å². The van der Waals surface area contributed by atoms with Crippen LogP contribution in [0.1, 0.15) is 33.6 Å². The summed E-state index contributed by atoms with van der Waals surface area (Å²) in [5, 5.41) is 5.72. The minimum Gasteiger partial charge on any atom is -0.379 e. The summed E-state index contributed by atoms with van der Waals surface area (Å²) in [6, 6.07) is -0.205. The highest BCUT2D eigenvalue weighted by Gasteiger charge is 2.29. The van der Waals surface area contributed by atoms with Crippen LogP contribution in [0.15, 0.2) is 0 Å². The lowest BCUT2D eigenvalue weighted by Crippen LogP contribution is -2.61. The molecule has 1 heterocycles. The molecule has 4 N–H and O–H groups in total. The van der Waals surface area contributed by atoms with Crippen LogP contribution in [0.3, 0.4) is 0 Å². The SMILES string of the molecule is CCC(CC)C(C)(N)NC(=O)NCN1CCOCC1. The molecule has 1 aliphatic heterocycles. The molecule has 0 aromatic carbocycles. The number of nitrogens with zero attached hydrogens (tertiary/aromatic N) is 1. The molecule has 6 heteroatoms. The summed E-state index contributed by atoms with van der Waals surface area (Å²) in [7, 11) is 0. The van der Waals surface area contributed by atoms with Crippen molar-refractivity contribution >= 4 is 6.03 Å². The minimum absolute atomic E-state index is 0.205. The van der Waals surface area contributed by atoms with Gasteiger partial charge in [0.15, 0.2) is 0 Å². The molecular weight excluding hydrogens is 244 g/mol. The van der Waals surface area contributed by atoms with Gasteiger partial charge in [-0.3, -0.25) is 4.90 Å². The lowest BCUT2D eigenvalue weighted by atomic mass is 9.90. The zero-order valence-corrected chi connectivity index (χ0v) is 12.4. The predicted molar refractivity (Wildman–Crippen MR) is 75.6 cm³/mol. The van der Waals surface area contributed by atoms with Crippen molar-refractivity contribution in [2.45, 2.75) is 39.3 Å². The van der Waals surface area contributed by atoms with Gasteiger partial charge in [0.25, 0.3) is 0 Å². The van der Waals surface area contributed by atoms with E-state index >= 15 is 0 Å². The normalized spacial score (nSPS) is 20.1. The average Bonchev–Trinajstić information content (AvgIpc) is 2.38. The van der Waals surface area contributed by atoms with E-state index in [1.54, 1.807) is 0 Å². The van der Waals surface area contributed by atoms with E-state index in [0.29, 0.717) is 6.67 Å². The smallest absolute Gasteiger partial charge is 0.317 e. The fourth-order valence-corrected chi connectivity index (χ4v) is 2.47. The van der Waals surface area contributed by atoms with Crippen molar-refractivity contribution < 1.29 is 9.53 Å². The second-order valence-corrected chi connectivity index (χ2v) is 5.32. The molecule has 0 bridgehead atoms. The van der Waals surface area contributed by atoms with Gasteiger partial charge in [0.1, 0.15) is 0 Å². The number of nitrogens with two attached hydrogens (primary N) is 1. The topological polar surface area (TPSA) is 79.6 Å². The molecule has 1 rings (SSSR count). The van der Waals surface area contributed by atoms with Crippen molar-refractivity contribution in [3.8, 4) is 0 Å². The van der Waals surface area contributed by atoms with Gasteiger partial charge < -0.3 is 21.1 Å². The molecule has 112 valence electrons. The van der Waals surface area contributed by atoms with Crippen LogP contribution in [0.25, 0.3) is 0 Å². The molecule has 1 aliphatic rings. The van der Waals surface area contributed by atoms with E-state index in [4.69, 9.17) is 10.5 Å². The van der Waals surface area contributed by atoms with Gasteiger partial charge in [0.05, 0.1) is 25.5 Å². The maximum atomic E-state index is 11.9. The first-order chi connectivity index (χ1) is 8.99. The monoisotopic (exact) mass is 272 g/mol. The average molecular weight is 272 g/mol. The molecule has 0 saturated carbocycles. The molecule has 0 aliphatic carbocycles. The van der Waals surface area contributed by atoms with E-state index in [1.165, 1.54) is 0 Å². The number of amides is 2. The van der Waals surface area contributed by atoms with Gasteiger partial charge in [-0.2, -0.15) is 0 Å². The molecular formula is C13H28N4O2. The molecule has 2 amide bonds. The minimum atomic E-state index is -0.668. The van der Waals surface area contributed by atoms with E-state index in [0.717, 1.165) is 39.1 Å². The van der Waals surface area contributed by atoms with Crippen molar-refractivity contribution in [1.82, 2.24) is 15.5 Å². The van der Waals surface area contributed by atoms with E-state index in [-0.39, 0.29) is 11.9 Å². The molecule has 0 aromatic rings. The number of hydrogen-bond donors (Lipinski definition) is 3. The van der Waals surface area contributed by atoms with Gasteiger partial charge in [-0.05, 0) is 25.7 Å². The Labute approximate surface area is 116 Å². The van der Waals surface area contributed by atoms with E-state index in [1.807, 2.05) is 6.92 Å². The van der Waals surface area contributed by atoms with Gasteiger partial charge in [0.2, 0.25) is 0 Å². The lowest BCUT2D eigenvalue weighted by Gasteiger charge is -2.34. The molecule has 1 atom stereocenters. The molecule has 0 spiro atoms. The Morgan fingerprint density at radius 2 is 1.95 bits per heavy atom. The molecule has 0 aromatic heterocycles. The third-order valence-corrected chi connectivity index (χ3v) is 3.78. The van der Waals surface area contributed by atoms with Crippen molar-refractivity contribution in [3.05, 3.63) is 0 Å². The third-order valence-electron chi connectivity index (χ3n) is 3.78. The highest BCUT2D eigenvalue weighted by atomic mass is 16.5. The van der Waals surface area contributed by atoms with Crippen LogP contribution in [0.4, 0.5) is 4.79 Å². The summed E-state index contributed by atoms with van der Waals surface area (Å²) in [6.07, 6.45) is 1.90. The van der Waals surface area contributed by atoms with Crippen molar-refractivity contribution in [2.24, 2.45) is 11.7 Å². The second-order valence-electron chi connectivity index (χ2n) is 5.32. The van der Waals surface area contributed by atoms with Gasteiger partial charge in [-0.25, -0.2) is 4.79 Å². The Kier molecular flexibility index (Phi) is 6.54. The quantitative estimate of drug-likeness (QED) is 0.621. The fourth-order valence-electron chi connectivity index (χ4n) is 2.47. The number of carbonyl (C=O) groups is 1. The highest BCUT2D eigenvalue weighted by Crippen LogP contribution is 2.18. The number of ether oxygens (including phenoxy) is 1. The number of nitrogens with one attached hydrogen (secondary N) is 2. The first-order valence-corrected chi connectivity index (χ1v) is 7.14. The fraction of sp³-hybridized carbons (Fsp3) is 0.923. The number of carbonyl (C=O) groups excluding carboxylic acids is 1. The van der Waals surface area contributed by atoms with Crippen LogP contribution in [-0.2, 0) is 4.74 Å². The predicted octanol–water partition coefficient (Wildman–Crippen LogP) is 0.686. The zero-order chi connectivity index (χ0) is 14.3. The third kappa shape index (κ3) is 5.34. The maximum absolute atomic E-state index is 11.9. The van der Waals surface area contributed by atoms with Crippen LogP contribution in [0.5, 0.6) is 0 Å². The van der Waals surface area contributed by atoms with Crippen LogP contribution < -0.4 is 16.4 Å². The Bertz CT molecular complexity index is 274. The summed E-state index contributed by atoms with van der Waals surface area (Å²) in [6.45, 7) is 9.75. The summed E-state index contributed by atoms with van der Waals surface area (Å²) in [5.74, 6) is 0.279. The number of urea groups is 1. The van der Waals surface area contributed by atoms with Gasteiger partial charge in [0, 0.05) is 13.1 Å². The van der Waals surface area contributed by atoms with Crippen molar-refractivity contribution in [1.29, 1.82) is 0 Å². The highest BCUT2D eigenvalue weighted by molar-refractivity contribution is 5.74. The summed E-state index contributed by atoms with van der Waals surface area (Å²) in [4.78, 5) is 14.0. The lowest BCUT2D eigenvalue weighted by molar-refractivity contribution is 0.0353. The molecule has 19 heavy (non-hydrogen) atoms. The summed E-state index contributed by atoms with van der Waals surface area (Å²) in [5.41, 5.74) is 5.52. The Morgan fingerprint density at radius 1 is 1.37 bits per heavy atom. The van der Waals surface area contributed by atoms with E-state index in [2.05, 4.69) is 29.4 Å². The van der Waals surface area contributed by atoms with E-state index in [9.17, 15) is 4.79 Å². The first kappa shape index (κ1) is 16.2. The van der Waals surface area contributed by atoms with Gasteiger partial charge >= 0.3 is 6.03 Å². The van der Waals surface area contributed by atoms with Crippen LogP contribution in [0, 0.1) is 5.92 Å². The van der Waals surface area contributed by atoms with Crippen molar-refractivity contribution in [3.63, 3.8) is 0 Å². The van der Waals surface area contributed by atoms with Crippen LogP contribution in [-0.4, -0.2) is 49.6 Å². The van der Waals surface area contributed by atoms with Crippen molar-refractivity contribution in [2.75, 3.05) is 33.0 Å². The van der Waals surface area contributed by atoms with Crippen LogP contribution in [0.2, 0.25) is 0 Å². The Balaban J connectivity index is 2.32. The number of morpholine rings is 1. The number of rotatable bonds is 6. The van der Waals surface area contributed by atoms with Crippen LogP contribution >= 0.6 is 0 Å². The first-order valence-electron chi connectivity index (χ1n) is 7.14. The maximum Gasteiger partial charge on any atom is 0.317 e. The van der Waals surface area contributed by atoms with E-state index < -0.39 is 5.66 Å². The Morgan fingerprint density at radius 3 is 2.47 bits per heavy atom.